The first-order valence-corrected chi connectivity index (χ1v) is 8.33. The van der Waals surface area contributed by atoms with Gasteiger partial charge in [0.25, 0.3) is 0 Å². The number of imidazole rings is 1. The van der Waals surface area contributed by atoms with E-state index in [9.17, 15) is 0 Å². The fraction of sp³-hybridized carbons (Fsp3) is 0.571. The third-order valence-electron chi connectivity index (χ3n) is 4.04. The summed E-state index contributed by atoms with van der Waals surface area (Å²) in [7, 11) is 0. The Balaban J connectivity index is 1.86. The van der Waals surface area contributed by atoms with E-state index in [1.807, 2.05) is 12.3 Å². The zero-order chi connectivity index (χ0) is 14.1. The van der Waals surface area contributed by atoms with Gasteiger partial charge < -0.3 is 4.98 Å². The Morgan fingerprint density at radius 2 is 2.15 bits per heavy atom. The summed E-state index contributed by atoms with van der Waals surface area (Å²) < 4.78 is 3.85. The molecule has 1 atom stereocenters. The molecule has 0 radical (unpaired) electrons. The fourth-order valence-corrected chi connectivity index (χ4v) is 3.53. The number of aromatic nitrogens is 3. The molecule has 2 aromatic heterocycles. The van der Waals surface area contributed by atoms with E-state index < -0.39 is 0 Å². The molecule has 1 aliphatic heterocycles. The lowest BCUT2D eigenvalue weighted by atomic mass is 10.1. The summed E-state index contributed by atoms with van der Waals surface area (Å²) >= 11 is 8.90. The highest BCUT2D eigenvalue weighted by atomic mass is 79.9. The van der Waals surface area contributed by atoms with Crippen LogP contribution in [0.3, 0.4) is 0 Å². The average Bonchev–Trinajstić information content (AvgIpc) is 2.75. The second-order valence-electron chi connectivity index (χ2n) is 5.51. The van der Waals surface area contributed by atoms with E-state index in [0.29, 0.717) is 6.04 Å². The van der Waals surface area contributed by atoms with Crippen LogP contribution < -0.4 is 0 Å². The molecule has 0 bridgehead atoms. The predicted molar refractivity (Wildman–Crippen MR) is 87.5 cm³/mol. The van der Waals surface area contributed by atoms with Gasteiger partial charge in [-0.2, -0.15) is 0 Å². The van der Waals surface area contributed by atoms with Crippen molar-refractivity contribution in [3.63, 3.8) is 0 Å². The summed E-state index contributed by atoms with van der Waals surface area (Å²) in [6.07, 6.45) is 5.82. The highest BCUT2D eigenvalue weighted by Crippen LogP contribution is 2.19. The molecule has 0 amide bonds. The topological polar surface area (TPSA) is 36.9 Å². The quantitative estimate of drug-likeness (QED) is 0.853. The molecule has 0 spiro atoms. The van der Waals surface area contributed by atoms with Crippen LogP contribution in [-0.4, -0.2) is 38.6 Å². The molecule has 2 aromatic rings. The average molecular weight is 355 g/mol. The Labute approximate surface area is 132 Å². The standard InChI is InChI=1S/C14H19BrN4S/c1-10(18-5-3-2-4-6-18)9-19-13-12(17-14(19)20)7-11(15)8-16-13/h7-8,10H,2-6,9H2,1H3,(H,17,20). The van der Waals surface area contributed by atoms with E-state index in [2.05, 4.69) is 42.3 Å². The second kappa shape index (κ2) is 5.95. The molecule has 1 N–H and O–H groups in total. The molecule has 6 heteroatoms. The normalized spacial score (nSPS) is 18.5. The van der Waals surface area contributed by atoms with Crippen LogP contribution in [0.5, 0.6) is 0 Å². The number of H-pyrrole nitrogens is 1. The molecule has 1 aliphatic rings. The Kier molecular flexibility index (Phi) is 4.23. The minimum absolute atomic E-state index is 0.492. The van der Waals surface area contributed by atoms with Gasteiger partial charge in [-0.25, -0.2) is 4.98 Å². The molecule has 1 unspecified atom stereocenters. The number of hydrogen-bond donors (Lipinski definition) is 1. The molecule has 3 heterocycles. The number of rotatable bonds is 3. The van der Waals surface area contributed by atoms with Crippen molar-refractivity contribution in [3.05, 3.63) is 21.5 Å². The molecule has 0 aromatic carbocycles. The van der Waals surface area contributed by atoms with Gasteiger partial charge in [0.15, 0.2) is 10.4 Å². The largest absolute Gasteiger partial charge is 0.329 e. The van der Waals surface area contributed by atoms with Crippen molar-refractivity contribution in [2.24, 2.45) is 0 Å². The summed E-state index contributed by atoms with van der Waals surface area (Å²) in [5, 5.41) is 0. The molecular formula is C14H19BrN4S. The first-order chi connectivity index (χ1) is 9.65. The Hall–Kier alpha value is -0.720. The van der Waals surface area contributed by atoms with Gasteiger partial charge in [-0.1, -0.05) is 6.42 Å². The Morgan fingerprint density at radius 3 is 2.90 bits per heavy atom. The number of nitrogens with one attached hydrogen (secondary N) is 1. The third-order valence-corrected chi connectivity index (χ3v) is 4.79. The van der Waals surface area contributed by atoms with Crippen molar-refractivity contribution >= 4 is 39.3 Å². The van der Waals surface area contributed by atoms with Crippen LogP contribution >= 0.6 is 28.1 Å². The first-order valence-electron chi connectivity index (χ1n) is 7.13. The van der Waals surface area contributed by atoms with E-state index in [4.69, 9.17) is 12.2 Å². The van der Waals surface area contributed by atoms with Crippen LogP contribution in [0.4, 0.5) is 0 Å². The van der Waals surface area contributed by atoms with Gasteiger partial charge in [-0.3, -0.25) is 9.47 Å². The van der Waals surface area contributed by atoms with Crippen LogP contribution in [0.2, 0.25) is 0 Å². The summed E-state index contributed by atoms with van der Waals surface area (Å²) in [4.78, 5) is 10.3. The van der Waals surface area contributed by atoms with Gasteiger partial charge in [0.2, 0.25) is 0 Å². The lowest BCUT2D eigenvalue weighted by molar-refractivity contribution is 0.160. The van der Waals surface area contributed by atoms with E-state index in [1.54, 1.807) is 0 Å². The predicted octanol–water partition coefficient (Wildman–Crippen LogP) is 3.73. The SMILES string of the molecule is CC(Cn1c(=S)[nH]c2cc(Br)cnc21)N1CCCCC1. The van der Waals surface area contributed by atoms with E-state index in [1.165, 1.54) is 32.4 Å². The van der Waals surface area contributed by atoms with Crippen molar-refractivity contribution in [1.29, 1.82) is 0 Å². The molecule has 4 nitrogen and oxygen atoms in total. The highest BCUT2D eigenvalue weighted by molar-refractivity contribution is 9.10. The number of aromatic amines is 1. The minimum Gasteiger partial charge on any atom is -0.329 e. The minimum atomic E-state index is 0.492. The maximum Gasteiger partial charge on any atom is 0.179 e. The van der Waals surface area contributed by atoms with Gasteiger partial charge in [-0.15, -0.1) is 0 Å². The van der Waals surface area contributed by atoms with Gasteiger partial charge in [0.1, 0.15) is 0 Å². The van der Waals surface area contributed by atoms with Crippen molar-refractivity contribution in [3.8, 4) is 0 Å². The number of hydrogen-bond acceptors (Lipinski definition) is 3. The number of nitrogens with zero attached hydrogens (tertiary/aromatic N) is 3. The van der Waals surface area contributed by atoms with E-state index >= 15 is 0 Å². The first kappa shape index (κ1) is 14.2. The van der Waals surface area contributed by atoms with Crippen molar-refractivity contribution < 1.29 is 0 Å². The van der Waals surface area contributed by atoms with Crippen molar-refractivity contribution in [2.75, 3.05) is 13.1 Å². The third kappa shape index (κ3) is 2.82. The smallest absolute Gasteiger partial charge is 0.179 e. The molecule has 20 heavy (non-hydrogen) atoms. The summed E-state index contributed by atoms with van der Waals surface area (Å²) in [6.45, 7) is 5.59. The molecule has 1 saturated heterocycles. The monoisotopic (exact) mass is 354 g/mol. The van der Waals surface area contributed by atoms with Gasteiger partial charge >= 0.3 is 0 Å². The number of fused-ring (bicyclic) bond motifs is 1. The number of piperidine rings is 1. The van der Waals surface area contributed by atoms with Crippen LogP contribution in [0.25, 0.3) is 11.2 Å². The number of halogens is 1. The van der Waals surface area contributed by atoms with Gasteiger partial charge in [-0.05, 0) is 67.1 Å². The molecule has 0 aliphatic carbocycles. The lowest BCUT2D eigenvalue weighted by Gasteiger charge is -2.32. The highest BCUT2D eigenvalue weighted by Gasteiger charge is 2.18. The summed E-state index contributed by atoms with van der Waals surface area (Å²) in [6, 6.07) is 2.52. The van der Waals surface area contributed by atoms with Crippen molar-refractivity contribution in [1.82, 2.24) is 19.4 Å². The summed E-state index contributed by atoms with van der Waals surface area (Å²) in [5.41, 5.74) is 1.94. The molecular weight excluding hydrogens is 336 g/mol. The molecule has 0 saturated carbocycles. The van der Waals surface area contributed by atoms with Crippen LogP contribution in [0, 0.1) is 4.77 Å². The van der Waals surface area contributed by atoms with Crippen molar-refractivity contribution in [2.45, 2.75) is 38.8 Å². The Bertz CT molecular complexity index is 657. The Morgan fingerprint density at radius 1 is 1.40 bits per heavy atom. The maximum absolute atomic E-state index is 5.45. The second-order valence-corrected chi connectivity index (χ2v) is 6.81. The van der Waals surface area contributed by atoms with Gasteiger partial charge in [0.05, 0.1) is 5.52 Å². The number of likely N-dealkylation sites (tertiary alicyclic amines) is 1. The zero-order valence-electron chi connectivity index (χ0n) is 11.6. The molecule has 1 fully saturated rings. The lowest BCUT2D eigenvalue weighted by Crippen LogP contribution is -2.39. The van der Waals surface area contributed by atoms with E-state index in [0.717, 1.165) is 27.0 Å². The fourth-order valence-electron chi connectivity index (χ4n) is 2.93. The van der Waals surface area contributed by atoms with Crippen LogP contribution in [-0.2, 0) is 6.54 Å². The molecule has 3 rings (SSSR count). The molecule has 108 valence electrons. The summed E-state index contributed by atoms with van der Waals surface area (Å²) in [5.74, 6) is 0. The van der Waals surface area contributed by atoms with Crippen LogP contribution in [0.1, 0.15) is 26.2 Å². The van der Waals surface area contributed by atoms with Crippen LogP contribution in [0.15, 0.2) is 16.7 Å². The number of pyridine rings is 1. The maximum atomic E-state index is 5.45. The van der Waals surface area contributed by atoms with E-state index in [-0.39, 0.29) is 0 Å². The van der Waals surface area contributed by atoms with Gasteiger partial charge in [0, 0.05) is 23.3 Å². The zero-order valence-corrected chi connectivity index (χ0v) is 14.0.